The second-order valence-electron chi connectivity index (χ2n) is 3.12. The van der Waals surface area contributed by atoms with Crippen LogP contribution in [0, 0.1) is 0 Å². The van der Waals surface area contributed by atoms with Crippen LogP contribution in [-0.4, -0.2) is 18.0 Å². The summed E-state index contributed by atoms with van der Waals surface area (Å²) in [6.45, 7) is 4.81. The third-order valence-corrected chi connectivity index (χ3v) is 2.31. The molecular weight excluding hydrogens is 134 g/mol. The molecule has 0 unspecified atom stereocenters. The van der Waals surface area contributed by atoms with Crippen molar-refractivity contribution in [3.05, 3.63) is 35.9 Å². The fraction of sp³-hybridized carbons (Fsp3) is 0.400. The highest BCUT2D eigenvalue weighted by molar-refractivity contribution is 5.19. The molecule has 1 nitrogen and oxygen atoms in total. The molecule has 1 heterocycles. The Morgan fingerprint density at radius 1 is 1.18 bits per heavy atom. The molecule has 1 aromatic carbocycles. The van der Waals surface area contributed by atoms with E-state index in [2.05, 4.69) is 42.2 Å². The average molecular weight is 147 g/mol. The zero-order chi connectivity index (χ0) is 7.68. The Labute approximate surface area is 67.6 Å². The lowest BCUT2D eigenvalue weighted by atomic mass is 10.1. The van der Waals surface area contributed by atoms with Crippen LogP contribution in [0.15, 0.2) is 30.3 Å². The van der Waals surface area contributed by atoms with Crippen LogP contribution in [0.1, 0.15) is 18.5 Å². The van der Waals surface area contributed by atoms with E-state index in [0.717, 1.165) is 0 Å². The second kappa shape index (κ2) is 2.67. The first kappa shape index (κ1) is 6.86. The molecule has 1 heteroatoms. The molecule has 58 valence electrons. The molecule has 11 heavy (non-hydrogen) atoms. The molecule has 1 saturated heterocycles. The van der Waals surface area contributed by atoms with E-state index in [0.29, 0.717) is 6.04 Å². The molecule has 0 saturated carbocycles. The fourth-order valence-corrected chi connectivity index (χ4v) is 1.39. The summed E-state index contributed by atoms with van der Waals surface area (Å²) in [4.78, 5) is 2.45. The number of hydrogen-bond donors (Lipinski definition) is 0. The zero-order valence-corrected chi connectivity index (χ0v) is 6.83. The van der Waals surface area contributed by atoms with Crippen molar-refractivity contribution < 1.29 is 0 Å². The van der Waals surface area contributed by atoms with E-state index in [1.807, 2.05) is 0 Å². The molecule has 1 aliphatic rings. The van der Waals surface area contributed by atoms with Crippen molar-refractivity contribution in [2.75, 3.05) is 13.1 Å². The van der Waals surface area contributed by atoms with Crippen LogP contribution in [0.25, 0.3) is 0 Å². The van der Waals surface area contributed by atoms with Crippen LogP contribution < -0.4 is 0 Å². The lowest BCUT2D eigenvalue weighted by Gasteiger charge is -2.11. The van der Waals surface area contributed by atoms with Crippen LogP contribution in [0.4, 0.5) is 0 Å². The average Bonchev–Trinajstić information content (AvgIpc) is 2.87. The minimum Gasteiger partial charge on any atom is -0.294 e. The van der Waals surface area contributed by atoms with Gasteiger partial charge in [-0.2, -0.15) is 0 Å². The van der Waals surface area contributed by atoms with Gasteiger partial charge in [-0.25, -0.2) is 0 Å². The van der Waals surface area contributed by atoms with Crippen molar-refractivity contribution in [1.29, 1.82) is 0 Å². The summed E-state index contributed by atoms with van der Waals surface area (Å²) in [7, 11) is 0. The first-order valence-corrected chi connectivity index (χ1v) is 4.17. The molecular formula is C10H13N. The molecule has 1 aromatic rings. The van der Waals surface area contributed by atoms with Gasteiger partial charge < -0.3 is 0 Å². The molecule has 0 aromatic heterocycles. The first-order chi connectivity index (χ1) is 5.38. The van der Waals surface area contributed by atoms with Gasteiger partial charge in [0.25, 0.3) is 0 Å². The van der Waals surface area contributed by atoms with E-state index < -0.39 is 0 Å². The third kappa shape index (κ3) is 1.43. The van der Waals surface area contributed by atoms with Gasteiger partial charge in [0.05, 0.1) is 0 Å². The summed E-state index contributed by atoms with van der Waals surface area (Å²) in [6.07, 6.45) is 0. The quantitative estimate of drug-likeness (QED) is 0.579. The molecule has 0 amide bonds. The van der Waals surface area contributed by atoms with Crippen LogP contribution in [0.5, 0.6) is 0 Å². The van der Waals surface area contributed by atoms with Gasteiger partial charge in [-0.05, 0) is 12.5 Å². The van der Waals surface area contributed by atoms with Gasteiger partial charge in [0.2, 0.25) is 0 Å². The van der Waals surface area contributed by atoms with Crippen molar-refractivity contribution in [3.8, 4) is 0 Å². The van der Waals surface area contributed by atoms with Crippen LogP contribution >= 0.6 is 0 Å². The largest absolute Gasteiger partial charge is 0.294 e. The molecule has 2 rings (SSSR count). The predicted octanol–water partition coefficient (Wildman–Crippen LogP) is 2.06. The van der Waals surface area contributed by atoms with Crippen LogP contribution in [0.3, 0.4) is 0 Å². The highest BCUT2D eigenvalue weighted by Gasteiger charge is 2.24. The van der Waals surface area contributed by atoms with Gasteiger partial charge in [0.15, 0.2) is 0 Å². The summed E-state index contributed by atoms with van der Waals surface area (Å²) in [6, 6.07) is 11.3. The monoisotopic (exact) mass is 147 g/mol. The summed E-state index contributed by atoms with van der Waals surface area (Å²) < 4.78 is 0. The summed E-state index contributed by atoms with van der Waals surface area (Å²) in [5, 5.41) is 0. The summed E-state index contributed by atoms with van der Waals surface area (Å²) >= 11 is 0. The van der Waals surface area contributed by atoms with Crippen molar-refractivity contribution in [2.45, 2.75) is 13.0 Å². The van der Waals surface area contributed by atoms with E-state index in [1.54, 1.807) is 0 Å². The van der Waals surface area contributed by atoms with E-state index in [1.165, 1.54) is 18.7 Å². The van der Waals surface area contributed by atoms with Gasteiger partial charge in [-0.3, -0.25) is 4.90 Å². The minimum absolute atomic E-state index is 0.621. The normalized spacial score (nSPS) is 19.7. The maximum atomic E-state index is 2.45. The molecule has 0 N–H and O–H groups in total. The smallest absolute Gasteiger partial charge is 0.0320 e. The number of benzene rings is 1. The fourth-order valence-electron chi connectivity index (χ4n) is 1.39. The molecule has 0 radical (unpaired) electrons. The Bertz CT molecular complexity index is 226. The molecule has 1 aliphatic heterocycles. The van der Waals surface area contributed by atoms with E-state index >= 15 is 0 Å². The van der Waals surface area contributed by atoms with Gasteiger partial charge in [0.1, 0.15) is 0 Å². The van der Waals surface area contributed by atoms with Crippen LogP contribution in [0.2, 0.25) is 0 Å². The molecule has 0 spiro atoms. The maximum Gasteiger partial charge on any atom is 0.0320 e. The number of nitrogens with zero attached hydrogens (tertiary/aromatic N) is 1. The second-order valence-corrected chi connectivity index (χ2v) is 3.12. The lowest BCUT2D eigenvalue weighted by Crippen LogP contribution is -2.03. The topological polar surface area (TPSA) is 3.01 Å². The Balaban J connectivity index is 2.15. The zero-order valence-electron chi connectivity index (χ0n) is 6.83. The van der Waals surface area contributed by atoms with Crippen molar-refractivity contribution >= 4 is 0 Å². The Morgan fingerprint density at radius 3 is 2.36 bits per heavy atom. The highest BCUT2D eigenvalue weighted by Crippen LogP contribution is 2.24. The molecule has 1 fully saturated rings. The van der Waals surface area contributed by atoms with E-state index in [4.69, 9.17) is 0 Å². The van der Waals surface area contributed by atoms with Crippen molar-refractivity contribution in [2.24, 2.45) is 0 Å². The number of rotatable bonds is 2. The van der Waals surface area contributed by atoms with Gasteiger partial charge in [0, 0.05) is 19.1 Å². The van der Waals surface area contributed by atoms with Gasteiger partial charge in [-0.15, -0.1) is 0 Å². The predicted molar refractivity (Wildman–Crippen MR) is 46.4 cm³/mol. The van der Waals surface area contributed by atoms with Crippen LogP contribution in [-0.2, 0) is 0 Å². The number of hydrogen-bond acceptors (Lipinski definition) is 1. The van der Waals surface area contributed by atoms with E-state index in [-0.39, 0.29) is 0 Å². The first-order valence-electron chi connectivity index (χ1n) is 4.17. The SMILES string of the molecule is C[C@H](c1ccccc1)N1CC1. The van der Waals surface area contributed by atoms with E-state index in [9.17, 15) is 0 Å². The van der Waals surface area contributed by atoms with Gasteiger partial charge in [-0.1, -0.05) is 30.3 Å². The minimum atomic E-state index is 0.621. The Morgan fingerprint density at radius 2 is 1.82 bits per heavy atom. The molecule has 0 aliphatic carbocycles. The molecule has 1 atom stereocenters. The van der Waals surface area contributed by atoms with Gasteiger partial charge >= 0.3 is 0 Å². The molecule has 0 bridgehead atoms. The highest BCUT2D eigenvalue weighted by atomic mass is 15.3. The summed E-state index contributed by atoms with van der Waals surface area (Å²) in [5.41, 5.74) is 1.44. The Kier molecular flexibility index (Phi) is 1.66. The standard InChI is InChI=1S/C10H13N/c1-9(11-7-8-11)10-5-3-2-4-6-10/h2-6,9H,7-8H2,1H3/t9-/m1/s1. The lowest BCUT2D eigenvalue weighted by molar-refractivity contribution is 0.444. The third-order valence-electron chi connectivity index (χ3n) is 2.31. The van der Waals surface area contributed by atoms with Crippen molar-refractivity contribution in [1.82, 2.24) is 4.90 Å². The summed E-state index contributed by atoms with van der Waals surface area (Å²) in [5.74, 6) is 0. The Hall–Kier alpha value is -0.820. The van der Waals surface area contributed by atoms with Crippen molar-refractivity contribution in [3.63, 3.8) is 0 Å². The maximum absolute atomic E-state index is 2.45.